The number of benzene rings is 1. The predicted molar refractivity (Wildman–Crippen MR) is 146 cm³/mol. The molecule has 2 saturated heterocycles. The normalized spacial score (nSPS) is 16.6. The Bertz CT molecular complexity index is 1550. The number of imidazole rings is 1. The van der Waals surface area contributed by atoms with Crippen LogP contribution in [0.5, 0.6) is 0 Å². The van der Waals surface area contributed by atoms with E-state index >= 15 is 0 Å². The predicted octanol–water partition coefficient (Wildman–Crippen LogP) is 4.24. The van der Waals surface area contributed by atoms with E-state index in [2.05, 4.69) is 17.9 Å². The molecule has 0 bridgehead atoms. The molecular formula is C25H26FN9OS2. The molecule has 2 fully saturated rings. The smallest absolute Gasteiger partial charge is 0.314 e. The molecule has 5 heterocycles. The van der Waals surface area contributed by atoms with E-state index in [1.807, 2.05) is 16.5 Å². The number of carbonyl (C=O) groups excluding carboxylic acids is 1. The minimum Gasteiger partial charge on any atom is -0.351 e. The van der Waals surface area contributed by atoms with Crippen LogP contribution in [0.3, 0.4) is 0 Å². The summed E-state index contributed by atoms with van der Waals surface area (Å²) in [6, 6.07) is 7.89. The van der Waals surface area contributed by atoms with Gasteiger partial charge in [-0.3, -0.25) is 0 Å². The van der Waals surface area contributed by atoms with Gasteiger partial charge in [0.15, 0.2) is 10.9 Å². The molecule has 0 aliphatic carbocycles. The Morgan fingerprint density at radius 3 is 2.55 bits per heavy atom. The Labute approximate surface area is 226 Å². The molecule has 196 valence electrons. The number of primary amides is 1. The maximum Gasteiger partial charge on any atom is 0.314 e. The van der Waals surface area contributed by atoms with Gasteiger partial charge < -0.3 is 20.4 Å². The van der Waals surface area contributed by atoms with Crippen LogP contribution in [-0.2, 0) is 6.42 Å². The second kappa shape index (κ2) is 9.21. The number of halogens is 1. The summed E-state index contributed by atoms with van der Waals surface area (Å²) < 4.78 is 15.3. The summed E-state index contributed by atoms with van der Waals surface area (Å²) in [5.41, 5.74) is 7.77. The summed E-state index contributed by atoms with van der Waals surface area (Å²) in [7, 11) is 1.90. The van der Waals surface area contributed by atoms with Crippen LogP contribution in [0.1, 0.15) is 30.3 Å². The zero-order valence-corrected chi connectivity index (χ0v) is 22.6. The van der Waals surface area contributed by atoms with Crippen molar-refractivity contribution in [2.24, 2.45) is 11.1 Å². The Hall–Kier alpha value is -3.76. The van der Waals surface area contributed by atoms with E-state index in [1.165, 1.54) is 23.5 Å². The number of carbonyl (C=O) groups is 1. The number of thiazole rings is 1. The van der Waals surface area contributed by atoms with Gasteiger partial charge in [-0.15, -0.1) is 5.10 Å². The number of piperidine rings is 1. The molecule has 1 spiro atoms. The molecular weight excluding hydrogens is 525 g/mol. The van der Waals surface area contributed by atoms with Gasteiger partial charge in [0.1, 0.15) is 22.5 Å². The molecule has 0 unspecified atom stereocenters. The largest absolute Gasteiger partial charge is 0.351 e. The lowest BCUT2D eigenvalue weighted by molar-refractivity contribution is 0.0929. The fraction of sp³-hybridized carbons (Fsp3) is 0.400. The number of nitriles is 1. The molecule has 13 heteroatoms. The van der Waals surface area contributed by atoms with Crippen molar-refractivity contribution in [1.82, 2.24) is 24.5 Å². The lowest BCUT2D eigenvalue weighted by Crippen LogP contribution is -2.61. The highest BCUT2D eigenvalue weighted by Crippen LogP contribution is 2.44. The Morgan fingerprint density at radius 1 is 1.21 bits per heavy atom. The lowest BCUT2D eigenvalue weighted by Gasteiger charge is -2.53. The van der Waals surface area contributed by atoms with Crippen molar-refractivity contribution in [3.05, 3.63) is 40.7 Å². The van der Waals surface area contributed by atoms with Gasteiger partial charge in [0.05, 0.1) is 5.69 Å². The zero-order chi connectivity index (χ0) is 26.6. The van der Waals surface area contributed by atoms with E-state index in [4.69, 9.17) is 20.8 Å². The van der Waals surface area contributed by atoms with Crippen molar-refractivity contribution in [3.8, 4) is 17.3 Å². The molecule has 10 nitrogen and oxygen atoms in total. The number of amides is 2. The van der Waals surface area contributed by atoms with Crippen molar-refractivity contribution in [3.63, 3.8) is 0 Å². The van der Waals surface area contributed by atoms with Crippen LogP contribution < -0.4 is 15.5 Å². The number of likely N-dealkylation sites (tertiary alicyclic amines) is 1. The fourth-order valence-electron chi connectivity index (χ4n) is 5.31. The molecule has 6 rings (SSSR count). The number of anilines is 3. The Balaban J connectivity index is 1.27. The van der Waals surface area contributed by atoms with Crippen LogP contribution in [-0.4, -0.2) is 63.7 Å². The first-order valence-corrected chi connectivity index (χ1v) is 14.0. The van der Waals surface area contributed by atoms with Gasteiger partial charge >= 0.3 is 6.03 Å². The third-order valence-electron chi connectivity index (χ3n) is 7.47. The summed E-state index contributed by atoms with van der Waals surface area (Å²) in [5, 5.41) is 16.2. The monoisotopic (exact) mass is 551 g/mol. The van der Waals surface area contributed by atoms with Gasteiger partial charge in [0.25, 0.3) is 0 Å². The minimum atomic E-state index is -0.340. The summed E-state index contributed by atoms with van der Waals surface area (Å²) in [6.45, 7) is 5.27. The second-order valence-corrected chi connectivity index (χ2v) is 11.8. The Kier molecular flexibility index (Phi) is 5.96. The number of nitrogens with two attached hydrogens (primary N) is 1. The van der Waals surface area contributed by atoms with Crippen molar-refractivity contribution >= 4 is 49.7 Å². The van der Waals surface area contributed by atoms with Gasteiger partial charge in [0.2, 0.25) is 10.1 Å². The van der Waals surface area contributed by atoms with Crippen molar-refractivity contribution < 1.29 is 9.18 Å². The number of hydrogen-bond acceptors (Lipinski definition) is 9. The van der Waals surface area contributed by atoms with Crippen molar-refractivity contribution in [1.29, 1.82) is 5.26 Å². The van der Waals surface area contributed by atoms with E-state index in [9.17, 15) is 14.4 Å². The molecule has 2 aliphatic rings. The highest BCUT2D eigenvalue weighted by Gasteiger charge is 2.46. The van der Waals surface area contributed by atoms with Crippen LogP contribution in [0.25, 0.3) is 16.2 Å². The zero-order valence-electron chi connectivity index (χ0n) is 21.0. The molecule has 2 aliphatic heterocycles. The van der Waals surface area contributed by atoms with Crippen LogP contribution in [0, 0.1) is 22.6 Å². The molecule has 38 heavy (non-hydrogen) atoms. The van der Waals surface area contributed by atoms with Crippen molar-refractivity contribution in [2.45, 2.75) is 26.2 Å². The van der Waals surface area contributed by atoms with Gasteiger partial charge in [-0.05, 0) is 43.5 Å². The minimum absolute atomic E-state index is 0.208. The van der Waals surface area contributed by atoms with E-state index in [1.54, 1.807) is 28.4 Å². The molecule has 0 atom stereocenters. The number of urea groups is 1. The molecule has 0 radical (unpaired) electrons. The number of hydrogen-bond donors (Lipinski definition) is 1. The first-order valence-electron chi connectivity index (χ1n) is 12.4. The number of rotatable bonds is 5. The van der Waals surface area contributed by atoms with Crippen molar-refractivity contribution in [2.75, 3.05) is 43.0 Å². The van der Waals surface area contributed by atoms with Gasteiger partial charge in [-0.2, -0.15) is 9.78 Å². The maximum absolute atomic E-state index is 13.4. The van der Waals surface area contributed by atoms with Crippen LogP contribution in [0.2, 0.25) is 0 Å². The fourth-order valence-corrected chi connectivity index (χ4v) is 7.07. The average Bonchev–Trinajstić information content (AvgIpc) is 3.59. The van der Waals surface area contributed by atoms with Gasteiger partial charge in [-0.1, -0.05) is 29.6 Å². The Morgan fingerprint density at radius 2 is 1.92 bits per heavy atom. The summed E-state index contributed by atoms with van der Waals surface area (Å²) >= 11 is 2.84. The summed E-state index contributed by atoms with van der Waals surface area (Å²) in [4.78, 5) is 28.3. The standard InChI is InChI=1S/C25H26FN9OS2/c1-3-17-20(32(2)22-30-19(18(12-27)37-22)15-4-6-16(26)7-5-15)35-23(29-17)38-24(31-35)34-13-25(14-34)8-10-33(11-9-25)21(28)36/h4-7H,3,8-11,13-14H2,1-2H3,(H2,28,36). The molecule has 1 aromatic carbocycles. The molecule has 2 N–H and O–H groups in total. The van der Waals surface area contributed by atoms with Crippen LogP contribution in [0.4, 0.5) is 25.3 Å². The SMILES string of the molecule is CCc1nc2sc(N3CC4(CCN(C(N)=O)CC4)C3)nn2c1N(C)c1nc(-c2ccc(F)cc2)c(C#N)s1. The molecule has 4 aromatic rings. The van der Waals surface area contributed by atoms with E-state index < -0.39 is 0 Å². The highest BCUT2D eigenvalue weighted by atomic mass is 32.1. The van der Waals surface area contributed by atoms with Gasteiger partial charge in [0, 0.05) is 44.2 Å². The number of aryl methyl sites for hydroxylation is 1. The molecule has 2 amide bonds. The quantitative estimate of drug-likeness (QED) is 0.394. The average molecular weight is 552 g/mol. The maximum atomic E-state index is 13.4. The first-order chi connectivity index (χ1) is 18.3. The van der Waals surface area contributed by atoms with E-state index in [-0.39, 0.29) is 17.3 Å². The number of aromatic nitrogens is 4. The highest BCUT2D eigenvalue weighted by molar-refractivity contribution is 7.20. The lowest BCUT2D eigenvalue weighted by atomic mass is 9.72. The molecule has 0 saturated carbocycles. The first kappa shape index (κ1) is 24.6. The van der Waals surface area contributed by atoms with Crippen LogP contribution >= 0.6 is 22.7 Å². The molecule has 3 aromatic heterocycles. The second-order valence-electron chi connectivity index (χ2n) is 9.85. The van der Waals surface area contributed by atoms with E-state index in [0.717, 1.165) is 54.0 Å². The number of fused-ring (bicyclic) bond motifs is 1. The van der Waals surface area contributed by atoms with E-state index in [0.29, 0.717) is 34.4 Å². The van der Waals surface area contributed by atoms with Gasteiger partial charge in [-0.25, -0.2) is 19.2 Å². The topological polar surface area (TPSA) is 120 Å². The van der Waals surface area contributed by atoms with Crippen LogP contribution in [0.15, 0.2) is 24.3 Å². The number of nitrogens with zero attached hydrogens (tertiary/aromatic N) is 8. The third kappa shape index (κ3) is 4.04. The summed E-state index contributed by atoms with van der Waals surface area (Å²) in [6.07, 6.45) is 2.62. The summed E-state index contributed by atoms with van der Waals surface area (Å²) in [5.74, 6) is 0.483. The third-order valence-corrected chi connectivity index (χ3v) is 9.48.